The number of carbonyl (C=O) groups excluding carboxylic acids is 2. The van der Waals surface area contributed by atoms with Gasteiger partial charge < -0.3 is 10.2 Å². The minimum absolute atomic E-state index is 0.00725. The zero-order chi connectivity index (χ0) is 26.2. The molecule has 0 aromatic heterocycles. The maximum Gasteiger partial charge on any atom is 0.242 e. The first-order valence-corrected chi connectivity index (χ1v) is 13.7. The summed E-state index contributed by atoms with van der Waals surface area (Å²) in [5.74, 6) is -1.17. The molecule has 0 fully saturated rings. The highest BCUT2D eigenvalue weighted by Crippen LogP contribution is 2.22. The van der Waals surface area contributed by atoms with Crippen molar-refractivity contribution in [1.29, 1.82) is 0 Å². The Hall–Kier alpha value is -2.94. The molecule has 0 aliphatic heterocycles. The van der Waals surface area contributed by atoms with Crippen LogP contribution in [0, 0.1) is 12.7 Å². The highest BCUT2D eigenvalue weighted by atomic mass is 32.2. The molecule has 0 heterocycles. The minimum atomic E-state index is -3.75. The third-order valence-corrected chi connectivity index (χ3v) is 7.22. The number of nitrogens with one attached hydrogen (secondary N) is 1. The molecule has 35 heavy (non-hydrogen) atoms. The van der Waals surface area contributed by atoms with Crippen LogP contribution in [-0.4, -0.2) is 50.0 Å². The molecule has 1 N–H and O–H groups in total. The standard InChI is InChI=1S/C26H36FN3O4S/c1-6-20(3)28-26(32)21(4)29(18-22-13-8-7-12-19(22)2)25(31)16-11-17-30(35(5,33)34)24-15-10-9-14-23(24)27/h7-10,12-15,20-21H,6,11,16-18H2,1-5H3,(H,28,32)/t20-,21-/m0/s1. The number of para-hydroxylation sites is 1. The van der Waals surface area contributed by atoms with Gasteiger partial charge in [0.05, 0.1) is 11.9 Å². The highest BCUT2D eigenvalue weighted by molar-refractivity contribution is 7.92. The number of aryl methyl sites for hydroxylation is 1. The Morgan fingerprint density at radius 3 is 2.29 bits per heavy atom. The van der Waals surface area contributed by atoms with Crippen LogP contribution in [0.5, 0.6) is 0 Å². The lowest BCUT2D eigenvalue weighted by atomic mass is 10.1. The van der Waals surface area contributed by atoms with Gasteiger partial charge in [-0.25, -0.2) is 12.8 Å². The van der Waals surface area contributed by atoms with Crippen LogP contribution in [0.2, 0.25) is 0 Å². The summed E-state index contributed by atoms with van der Waals surface area (Å²) in [6, 6.07) is 12.5. The Morgan fingerprint density at radius 1 is 1.06 bits per heavy atom. The molecule has 0 radical (unpaired) electrons. The quantitative estimate of drug-likeness (QED) is 0.472. The molecule has 0 spiro atoms. The van der Waals surface area contributed by atoms with Crippen LogP contribution >= 0.6 is 0 Å². The fourth-order valence-corrected chi connectivity index (χ4v) is 4.62. The normalized spacial score (nSPS) is 13.1. The molecule has 0 saturated carbocycles. The van der Waals surface area contributed by atoms with E-state index in [0.29, 0.717) is 0 Å². The van der Waals surface area contributed by atoms with E-state index in [0.717, 1.165) is 28.1 Å². The third-order valence-electron chi connectivity index (χ3n) is 6.04. The minimum Gasteiger partial charge on any atom is -0.352 e. The van der Waals surface area contributed by atoms with Gasteiger partial charge in [0.15, 0.2) is 0 Å². The van der Waals surface area contributed by atoms with Gasteiger partial charge in [-0.15, -0.1) is 0 Å². The van der Waals surface area contributed by atoms with Crippen LogP contribution in [0.4, 0.5) is 10.1 Å². The van der Waals surface area contributed by atoms with Gasteiger partial charge in [0.25, 0.3) is 0 Å². The predicted octanol–water partition coefficient (Wildman–Crippen LogP) is 4.01. The van der Waals surface area contributed by atoms with E-state index in [1.807, 2.05) is 45.0 Å². The Morgan fingerprint density at radius 2 is 1.69 bits per heavy atom. The van der Waals surface area contributed by atoms with Gasteiger partial charge in [-0.1, -0.05) is 43.3 Å². The van der Waals surface area contributed by atoms with Gasteiger partial charge >= 0.3 is 0 Å². The summed E-state index contributed by atoms with van der Waals surface area (Å²) in [6.45, 7) is 7.70. The van der Waals surface area contributed by atoms with E-state index in [2.05, 4.69) is 5.32 Å². The largest absolute Gasteiger partial charge is 0.352 e. The number of benzene rings is 2. The van der Waals surface area contributed by atoms with Gasteiger partial charge in [-0.2, -0.15) is 0 Å². The summed E-state index contributed by atoms with van der Waals surface area (Å²) >= 11 is 0. The fourth-order valence-electron chi connectivity index (χ4n) is 3.66. The predicted molar refractivity (Wildman–Crippen MR) is 137 cm³/mol. The summed E-state index contributed by atoms with van der Waals surface area (Å²) in [5, 5.41) is 2.92. The number of hydrogen-bond acceptors (Lipinski definition) is 4. The second-order valence-electron chi connectivity index (χ2n) is 8.83. The van der Waals surface area contributed by atoms with Crippen LogP contribution < -0.4 is 9.62 Å². The van der Waals surface area contributed by atoms with Crippen molar-refractivity contribution in [3.63, 3.8) is 0 Å². The lowest BCUT2D eigenvalue weighted by molar-refractivity contribution is -0.140. The SMILES string of the molecule is CC[C@H](C)NC(=O)[C@H](C)N(Cc1ccccc1C)C(=O)CCCN(c1ccccc1F)S(C)(=O)=O. The Balaban J connectivity index is 2.20. The molecule has 0 aliphatic carbocycles. The number of carbonyl (C=O) groups is 2. The topological polar surface area (TPSA) is 86.8 Å². The zero-order valence-electron chi connectivity index (χ0n) is 21.1. The van der Waals surface area contributed by atoms with Crippen molar-refractivity contribution < 1.29 is 22.4 Å². The van der Waals surface area contributed by atoms with E-state index in [1.54, 1.807) is 13.0 Å². The van der Waals surface area contributed by atoms with Crippen LogP contribution in [0.3, 0.4) is 0 Å². The highest BCUT2D eigenvalue weighted by Gasteiger charge is 2.28. The fraction of sp³-hybridized carbons (Fsp3) is 0.462. The van der Waals surface area contributed by atoms with Crippen molar-refractivity contribution in [3.8, 4) is 0 Å². The Labute approximate surface area is 208 Å². The molecular formula is C26H36FN3O4S. The number of nitrogens with zero attached hydrogens (tertiary/aromatic N) is 2. The van der Waals surface area contributed by atoms with Gasteiger partial charge in [0.1, 0.15) is 11.9 Å². The summed E-state index contributed by atoms with van der Waals surface area (Å²) in [7, 11) is -3.75. The van der Waals surface area contributed by atoms with E-state index in [9.17, 15) is 22.4 Å². The van der Waals surface area contributed by atoms with Crippen molar-refractivity contribution in [2.75, 3.05) is 17.1 Å². The van der Waals surface area contributed by atoms with Crippen molar-refractivity contribution in [1.82, 2.24) is 10.2 Å². The van der Waals surface area contributed by atoms with E-state index in [4.69, 9.17) is 0 Å². The van der Waals surface area contributed by atoms with E-state index in [-0.39, 0.29) is 49.5 Å². The van der Waals surface area contributed by atoms with Crippen molar-refractivity contribution in [2.24, 2.45) is 0 Å². The van der Waals surface area contributed by atoms with Crippen molar-refractivity contribution in [2.45, 2.75) is 65.6 Å². The van der Waals surface area contributed by atoms with Crippen LogP contribution in [0.25, 0.3) is 0 Å². The van der Waals surface area contributed by atoms with Gasteiger partial charge in [-0.3, -0.25) is 13.9 Å². The number of rotatable bonds is 12. The maximum absolute atomic E-state index is 14.3. The molecule has 192 valence electrons. The average molecular weight is 506 g/mol. The molecule has 0 bridgehead atoms. The second kappa shape index (κ2) is 12.7. The Bertz CT molecular complexity index is 1120. The monoisotopic (exact) mass is 505 g/mol. The molecule has 2 atom stereocenters. The first-order chi connectivity index (χ1) is 16.5. The van der Waals surface area contributed by atoms with Crippen LogP contribution in [-0.2, 0) is 26.2 Å². The molecule has 0 unspecified atom stereocenters. The van der Waals surface area contributed by atoms with Crippen LogP contribution in [0.1, 0.15) is 51.2 Å². The number of anilines is 1. The lowest BCUT2D eigenvalue weighted by Crippen LogP contribution is -2.49. The van der Waals surface area contributed by atoms with Crippen molar-refractivity contribution in [3.05, 3.63) is 65.5 Å². The summed E-state index contributed by atoms with van der Waals surface area (Å²) < 4.78 is 39.9. The van der Waals surface area contributed by atoms with E-state index in [1.165, 1.54) is 23.1 Å². The van der Waals surface area contributed by atoms with Gasteiger partial charge in [-0.05, 0) is 56.9 Å². The number of amides is 2. The first kappa shape index (κ1) is 28.3. The zero-order valence-corrected chi connectivity index (χ0v) is 21.9. The summed E-state index contributed by atoms with van der Waals surface area (Å²) in [5.41, 5.74) is 1.87. The summed E-state index contributed by atoms with van der Waals surface area (Å²) in [6.07, 6.45) is 1.95. The van der Waals surface area contributed by atoms with Gasteiger partial charge in [0.2, 0.25) is 21.8 Å². The summed E-state index contributed by atoms with van der Waals surface area (Å²) in [4.78, 5) is 27.7. The third kappa shape index (κ3) is 8.06. The number of hydrogen-bond donors (Lipinski definition) is 1. The molecule has 2 rings (SSSR count). The molecule has 2 aromatic rings. The molecule has 9 heteroatoms. The second-order valence-corrected chi connectivity index (χ2v) is 10.7. The van der Waals surface area contributed by atoms with Gasteiger partial charge in [0, 0.05) is 25.6 Å². The lowest BCUT2D eigenvalue weighted by Gasteiger charge is -2.30. The van der Waals surface area contributed by atoms with Crippen molar-refractivity contribution >= 4 is 27.5 Å². The molecule has 0 aliphatic rings. The smallest absolute Gasteiger partial charge is 0.242 e. The average Bonchev–Trinajstić information content (AvgIpc) is 2.80. The first-order valence-electron chi connectivity index (χ1n) is 11.8. The van der Waals surface area contributed by atoms with E-state index >= 15 is 0 Å². The number of halogens is 1. The molecular weight excluding hydrogens is 469 g/mol. The number of sulfonamides is 1. The molecule has 0 saturated heterocycles. The molecule has 7 nitrogen and oxygen atoms in total. The molecule has 2 amide bonds. The Kier molecular flexibility index (Phi) is 10.2. The molecule has 2 aromatic carbocycles. The van der Waals surface area contributed by atoms with Crippen LogP contribution in [0.15, 0.2) is 48.5 Å². The van der Waals surface area contributed by atoms with E-state index < -0.39 is 21.9 Å². The maximum atomic E-state index is 14.3.